The lowest BCUT2D eigenvalue weighted by Gasteiger charge is -2.41. The summed E-state index contributed by atoms with van der Waals surface area (Å²) in [6.45, 7) is 4.41. The molecule has 3 N–H and O–H groups in total. The van der Waals surface area contributed by atoms with Crippen molar-refractivity contribution in [3.8, 4) is 0 Å². The van der Waals surface area contributed by atoms with E-state index in [1.807, 2.05) is 0 Å². The number of nitrogens with two attached hydrogens (primary N) is 1. The Labute approximate surface area is 134 Å². The van der Waals surface area contributed by atoms with Gasteiger partial charge < -0.3 is 11.1 Å². The molecule has 0 spiro atoms. The Morgan fingerprint density at radius 2 is 1.62 bits per heavy atom. The number of nitrogens with one attached hydrogen (secondary N) is 1. The molecule has 0 aromatic rings. The van der Waals surface area contributed by atoms with Crippen molar-refractivity contribution in [1.82, 2.24) is 5.32 Å². The Kier molecular flexibility index (Phi) is 5.29. The monoisotopic (exact) mass is 310 g/mol. The van der Waals surface area contributed by atoms with Crippen LogP contribution in [0.5, 0.6) is 0 Å². The second-order valence-electron chi connectivity index (χ2n) is 7.55. The predicted octanol–water partition coefficient (Wildman–Crippen LogP) is 3.70. The average molecular weight is 311 g/mol. The summed E-state index contributed by atoms with van der Waals surface area (Å²) in [4.78, 5) is 13.5. The molecular formula is C17H30N2OS. The van der Waals surface area contributed by atoms with Gasteiger partial charge in [-0.2, -0.15) is 0 Å². The molecule has 0 bridgehead atoms. The highest BCUT2D eigenvalue weighted by Crippen LogP contribution is 2.44. The van der Waals surface area contributed by atoms with E-state index in [2.05, 4.69) is 19.2 Å². The van der Waals surface area contributed by atoms with Crippen LogP contribution in [0.4, 0.5) is 0 Å². The van der Waals surface area contributed by atoms with Crippen molar-refractivity contribution in [2.24, 2.45) is 17.1 Å². The summed E-state index contributed by atoms with van der Waals surface area (Å²) in [7, 11) is 0. The number of hydrogen-bond acceptors (Lipinski definition) is 2. The molecule has 3 nitrogen and oxygen atoms in total. The fourth-order valence-electron chi connectivity index (χ4n) is 4.30. The lowest BCUT2D eigenvalue weighted by molar-refractivity contribution is -0.133. The van der Waals surface area contributed by atoms with Crippen LogP contribution >= 0.6 is 12.2 Å². The number of carbonyl (C=O) groups is 1. The lowest BCUT2D eigenvalue weighted by atomic mass is 9.75. The summed E-state index contributed by atoms with van der Waals surface area (Å²) in [6, 6.07) is 0. The Hall–Kier alpha value is -0.640. The van der Waals surface area contributed by atoms with Gasteiger partial charge >= 0.3 is 0 Å². The van der Waals surface area contributed by atoms with Crippen molar-refractivity contribution >= 4 is 23.1 Å². The van der Waals surface area contributed by atoms with E-state index in [0.717, 1.165) is 44.9 Å². The lowest BCUT2D eigenvalue weighted by Crippen LogP contribution is -2.60. The van der Waals surface area contributed by atoms with Crippen molar-refractivity contribution in [1.29, 1.82) is 0 Å². The molecule has 2 fully saturated rings. The Balaban J connectivity index is 2.15. The number of carbonyl (C=O) groups excluding carboxylic acids is 1. The molecule has 120 valence electrons. The molecule has 0 heterocycles. The Morgan fingerprint density at radius 3 is 2.10 bits per heavy atom. The molecule has 0 aromatic carbocycles. The van der Waals surface area contributed by atoms with Crippen LogP contribution in [0.2, 0.25) is 0 Å². The summed E-state index contributed by atoms with van der Waals surface area (Å²) < 4.78 is 0. The van der Waals surface area contributed by atoms with Crippen LogP contribution < -0.4 is 11.1 Å². The maximum absolute atomic E-state index is 13.1. The smallest absolute Gasteiger partial charge is 0.227 e. The summed E-state index contributed by atoms with van der Waals surface area (Å²) in [5.74, 6) is 0.754. The normalized spacial score (nSPS) is 24.0. The first-order chi connectivity index (χ1) is 9.90. The molecule has 4 heteroatoms. The largest absolute Gasteiger partial charge is 0.391 e. The number of hydrogen-bond donors (Lipinski definition) is 2. The van der Waals surface area contributed by atoms with E-state index in [-0.39, 0.29) is 11.3 Å². The fourth-order valence-corrected chi connectivity index (χ4v) is 4.55. The molecule has 2 rings (SSSR count). The first kappa shape index (κ1) is 16.7. The van der Waals surface area contributed by atoms with Gasteiger partial charge in [0.25, 0.3) is 0 Å². The van der Waals surface area contributed by atoms with Crippen LogP contribution in [-0.2, 0) is 4.79 Å². The third kappa shape index (κ3) is 3.58. The first-order valence-electron chi connectivity index (χ1n) is 8.53. The Morgan fingerprint density at radius 1 is 1.10 bits per heavy atom. The van der Waals surface area contributed by atoms with Crippen molar-refractivity contribution in [2.45, 2.75) is 83.6 Å². The van der Waals surface area contributed by atoms with Crippen LogP contribution in [0.1, 0.15) is 78.1 Å². The summed E-state index contributed by atoms with van der Waals surface area (Å²) >= 11 is 5.31. The van der Waals surface area contributed by atoms with E-state index >= 15 is 0 Å². The summed E-state index contributed by atoms with van der Waals surface area (Å²) in [5, 5.41) is 3.31. The minimum absolute atomic E-state index is 0.177. The fraction of sp³-hybridized carbons (Fsp3) is 0.882. The first-order valence-corrected chi connectivity index (χ1v) is 8.94. The van der Waals surface area contributed by atoms with Gasteiger partial charge in [-0.25, -0.2) is 0 Å². The van der Waals surface area contributed by atoms with E-state index in [0.29, 0.717) is 10.9 Å². The molecule has 21 heavy (non-hydrogen) atoms. The molecule has 0 atom stereocenters. The molecule has 0 aliphatic heterocycles. The highest BCUT2D eigenvalue weighted by Gasteiger charge is 2.45. The maximum atomic E-state index is 13.1. The molecule has 2 aliphatic carbocycles. The van der Waals surface area contributed by atoms with Gasteiger partial charge in [-0.15, -0.1) is 0 Å². The van der Waals surface area contributed by atoms with Gasteiger partial charge in [-0.1, -0.05) is 58.2 Å². The second kappa shape index (κ2) is 6.64. The van der Waals surface area contributed by atoms with Crippen LogP contribution in [0.3, 0.4) is 0 Å². The van der Waals surface area contributed by atoms with Gasteiger partial charge in [0.1, 0.15) is 0 Å². The summed E-state index contributed by atoms with van der Waals surface area (Å²) in [5.41, 5.74) is 5.41. The van der Waals surface area contributed by atoms with Gasteiger partial charge in [-0.05, 0) is 38.0 Å². The molecule has 0 unspecified atom stereocenters. The number of rotatable bonds is 5. The van der Waals surface area contributed by atoms with E-state index < -0.39 is 5.54 Å². The standard InChI is InChI=1S/C17H30N2OS/c1-13(2)12-16(8-6-7-9-16)15(20)19-17(14(18)21)10-4-3-5-11-17/h13H,3-12H2,1-2H3,(H2,18,21)(H,19,20). The average Bonchev–Trinajstić information content (AvgIpc) is 2.88. The zero-order valence-electron chi connectivity index (χ0n) is 13.5. The highest BCUT2D eigenvalue weighted by molar-refractivity contribution is 7.80. The van der Waals surface area contributed by atoms with Crippen molar-refractivity contribution in [3.05, 3.63) is 0 Å². The second-order valence-corrected chi connectivity index (χ2v) is 7.99. The third-order valence-corrected chi connectivity index (χ3v) is 5.76. The zero-order chi connectivity index (χ0) is 15.5. The van der Waals surface area contributed by atoms with Crippen LogP contribution in [0.15, 0.2) is 0 Å². The maximum Gasteiger partial charge on any atom is 0.227 e. The van der Waals surface area contributed by atoms with Crippen molar-refractivity contribution < 1.29 is 4.79 Å². The highest BCUT2D eigenvalue weighted by atomic mass is 32.1. The molecular weight excluding hydrogens is 280 g/mol. The molecule has 0 radical (unpaired) electrons. The predicted molar refractivity (Wildman–Crippen MR) is 91.1 cm³/mol. The molecule has 2 aliphatic rings. The van der Waals surface area contributed by atoms with Crippen LogP contribution in [0.25, 0.3) is 0 Å². The van der Waals surface area contributed by atoms with E-state index in [1.165, 1.54) is 19.3 Å². The van der Waals surface area contributed by atoms with Gasteiger partial charge in [-0.3, -0.25) is 4.79 Å². The van der Waals surface area contributed by atoms with Crippen LogP contribution in [0, 0.1) is 11.3 Å². The van der Waals surface area contributed by atoms with Gasteiger partial charge in [0.05, 0.1) is 10.5 Å². The van der Waals surface area contributed by atoms with E-state index in [9.17, 15) is 4.79 Å². The minimum atomic E-state index is -0.419. The molecule has 0 saturated heterocycles. The van der Waals surface area contributed by atoms with Gasteiger partial charge in [0.15, 0.2) is 0 Å². The molecule has 2 saturated carbocycles. The third-order valence-electron chi connectivity index (χ3n) is 5.37. The minimum Gasteiger partial charge on any atom is -0.391 e. The van der Waals surface area contributed by atoms with Gasteiger partial charge in [0.2, 0.25) is 5.91 Å². The van der Waals surface area contributed by atoms with Crippen LogP contribution in [-0.4, -0.2) is 16.4 Å². The SMILES string of the molecule is CC(C)CC1(C(=O)NC2(C(N)=S)CCCCC2)CCCC1. The van der Waals surface area contributed by atoms with E-state index in [1.54, 1.807) is 0 Å². The van der Waals surface area contributed by atoms with Crippen molar-refractivity contribution in [2.75, 3.05) is 0 Å². The number of thiocarbonyl (C=S) groups is 1. The molecule has 0 aromatic heterocycles. The quantitative estimate of drug-likeness (QED) is 0.761. The zero-order valence-corrected chi connectivity index (χ0v) is 14.4. The topological polar surface area (TPSA) is 55.1 Å². The van der Waals surface area contributed by atoms with Gasteiger partial charge in [0, 0.05) is 5.41 Å². The Bertz CT molecular complexity index is 394. The number of amides is 1. The van der Waals surface area contributed by atoms with Crippen molar-refractivity contribution in [3.63, 3.8) is 0 Å². The summed E-state index contributed by atoms with van der Waals surface area (Å²) in [6.07, 6.45) is 10.6. The van der Waals surface area contributed by atoms with E-state index in [4.69, 9.17) is 18.0 Å². The molecule has 1 amide bonds.